The number of nitrogens with one attached hydrogen (secondary N) is 1. The average molecular weight is 302 g/mol. The molecule has 116 valence electrons. The molecule has 0 spiro atoms. The molecule has 0 aliphatic carbocycles. The van der Waals surface area contributed by atoms with Gasteiger partial charge in [-0.2, -0.15) is 4.39 Å². The second-order valence-corrected chi connectivity index (χ2v) is 4.73. The van der Waals surface area contributed by atoms with Gasteiger partial charge < -0.3 is 10.4 Å². The molecule has 0 aliphatic heterocycles. The summed E-state index contributed by atoms with van der Waals surface area (Å²) < 4.78 is 26.9. The number of nitrogens with zero attached hydrogens (tertiary/aromatic N) is 1. The lowest BCUT2D eigenvalue weighted by Gasteiger charge is -2.09. The van der Waals surface area contributed by atoms with E-state index in [0.717, 1.165) is 0 Å². The van der Waals surface area contributed by atoms with Gasteiger partial charge in [0.2, 0.25) is 5.82 Å². The van der Waals surface area contributed by atoms with E-state index in [1.54, 1.807) is 0 Å². The van der Waals surface area contributed by atoms with E-state index in [1.807, 2.05) is 6.92 Å². The van der Waals surface area contributed by atoms with E-state index in [0.29, 0.717) is 25.0 Å². The third kappa shape index (κ3) is 4.75. The molecular weight excluding hydrogens is 286 g/mol. The lowest BCUT2D eigenvalue weighted by Crippen LogP contribution is -2.26. The lowest BCUT2D eigenvalue weighted by atomic mass is 10.1. The van der Waals surface area contributed by atoms with Crippen LogP contribution in [-0.2, 0) is 0 Å². The molecule has 1 atom stereocenters. The number of aliphatic hydroxyl groups excluding tert-OH is 1. The standard InChI is InChI=1S/C13H16F2N2O4/c1-8(7-18)3-2-4-16-13(19)10-5-9(14)6-11(12(10)15)17(20)21/h5-6,8,18H,2-4,7H2,1H3,(H,16,19). The van der Waals surface area contributed by atoms with Gasteiger partial charge in [-0.25, -0.2) is 4.39 Å². The molecule has 1 rings (SSSR count). The molecule has 1 unspecified atom stereocenters. The zero-order valence-electron chi connectivity index (χ0n) is 11.4. The van der Waals surface area contributed by atoms with Gasteiger partial charge in [-0.15, -0.1) is 0 Å². The first-order valence-electron chi connectivity index (χ1n) is 6.39. The molecule has 0 fully saturated rings. The molecule has 0 aromatic heterocycles. The van der Waals surface area contributed by atoms with Crippen LogP contribution < -0.4 is 5.32 Å². The summed E-state index contributed by atoms with van der Waals surface area (Å²) >= 11 is 0. The van der Waals surface area contributed by atoms with E-state index in [2.05, 4.69) is 5.32 Å². The summed E-state index contributed by atoms with van der Waals surface area (Å²) in [5.74, 6) is -3.24. The Bertz CT molecular complexity index is 537. The first-order chi connectivity index (χ1) is 9.86. The second kappa shape index (κ2) is 7.63. The Labute approximate surface area is 119 Å². The molecule has 1 aromatic rings. The maximum Gasteiger partial charge on any atom is 0.308 e. The molecule has 0 saturated heterocycles. The van der Waals surface area contributed by atoms with Crippen molar-refractivity contribution >= 4 is 11.6 Å². The van der Waals surface area contributed by atoms with Gasteiger partial charge in [-0.1, -0.05) is 6.92 Å². The number of aliphatic hydroxyl groups is 1. The molecule has 0 saturated carbocycles. The van der Waals surface area contributed by atoms with Crippen molar-refractivity contribution in [2.24, 2.45) is 5.92 Å². The third-order valence-corrected chi connectivity index (χ3v) is 2.93. The van der Waals surface area contributed by atoms with Crippen molar-refractivity contribution in [3.05, 3.63) is 39.4 Å². The molecule has 0 heterocycles. The van der Waals surface area contributed by atoms with Crippen LogP contribution in [0.25, 0.3) is 0 Å². The van der Waals surface area contributed by atoms with E-state index in [9.17, 15) is 23.7 Å². The molecular formula is C13H16F2N2O4. The van der Waals surface area contributed by atoms with Gasteiger partial charge in [0.05, 0.1) is 16.6 Å². The fraction of sp³-hybridized carbons (Fsp3) is 0.462. The highest BCUT2D eigenvalue weighted by Crippen LogP contribution is 2.22. The van der Waals surface area contributed by atoms with E-state index in [4.69, 9.17) is 5.11 Å². The van der Waals surface area contributed by atoms with Crippen LogP contribution in [0.2, 0.25) is 0 Å². The first kappa shape index (κ1) is 17.0. The van der Waals surface area contributed by atoms with Crippen LogP contribution in [0.3, 0.4) is 0 Å². The Morgan fingerprint density at radius 3 is 2.71 bits per heavy atom. The first-order valence-corrected chi connectivity index (χ1v) is 6.39. The SMILES string of the molecule is CC(CO)CCCNC(=O)c1cc(F)cc([N+](=O)[O-])c1F. The number of hydrogen-bond donors (Lipinski definition) is 2. The van der Waals surface area contributed by atoms with E-state index < -0.39 is 33.7 Å². The highest BCUT2D eigenvalue weighted by atomic mass is 19.1. The lowest BCUT2D eigenvalue weighted by molar-refractivity contribution is -0.387. The Balaban J connectivity index is 2.72. The number of amides is 1. The number of benzene rings is 1. The number of carbonyl (C=O) groups excluding carboxylic acids is 1. The fourth-order valence-electron chi connectivity index (χ4n) is 1.71. The summed E-state index contributed by atoms with van der Waals surface area (Å²) in [5.41, 5.74) is -1.77. The molecule has 1 aromatic carbocycles. The molecule has 0 radical (unpaired) electrons. The minimum absolute atomic E-state index is 0.0265. The van der Waals surface area contributed by atoms with Gasteiger partial charge in [-0.3, -0.25) is 14.9 Å². The molecule has 21 heavy (non-hydrogen) atoms. The highest BCUT2D eigenvalue weighted by molar-refractivity contribution is 5.95. The Hall–Kier alpha value is -2.09. The van der Waals surface area contributed by atoms with Crippen LogP contribution in [-0.4, -0.2) is 29.1 Å². The number of nitro groups is 1. The van der Waals surface area contributed by atoms with Gasteiger partial charge in [0.1, 0.15) is 5.82 Å². The van der Waals surface area contributed by atoms with Crippen molar-refractivity contribution in [2.75, 3.05) is 13.2 Å². The maximum absolute atomic E-state index is 13.7. The quantitative estimate of drug-likeness (QED) is 0.458. The van der Waals surface area contributed by atoms with Crippen molar-refractivity contribution < 1.29 is 23.6 Å². The normalized spacial score (nSPS) is 12.0. The molecule has 8 heteroatoms. The van der Waals surface area contributed by atoms with Crippen LogP contribution in [0.1, 0.15) is 30.1 Å². The molecule has 6 nitrogen and oxygen atoms in total. The maximum atomic E-state index is 13.7. The van der Waals surface area contributed by atoms with Gasteiger partial charge in [0.15, 0.2) is 0 Å². The minimum atomic E-state index is -1.36. The minimum Gasteiger partial charge on any atom is -0.396 e. The van der Waals surface area contributed by atoms with Gasteiger partial charge in [-0.05, 0) is 24.8 Å². The van der Waals surface area contributed by atoms with Gasteiger partial charge >= 0.3 is 5.69 Å². The van der Waals surface area contributed by atoms with Crippen LogP contribution in [0.15, 0.2) is 12.1 Å². The Morgan fingerprint density at radius 1 is 1.48 bits per heavy atom. The molecule has 1 amide bonds. The van der Waals surface area contributed by atoms with Crippen LogP contribution in [0.4, 0.5) is 14.5 Å². The largest absolute Gasteiger partial charge is 0.396 e. The van der Waals surface area contributed by atoms with Crippen molar-refractivity contribution in [1.82, 2.24) is 5.32 Å². The van der Waals surface area contributed by atoms with E-state index >= 15 is 0 Å². The number of carbonyl (C=O) groups is 1. The number of nitro benzene ring substituents is 1. The summed E-state index contributed by atoms with van der Waals surface area (Å²) in [6.07, 6.45) is 1.20. The Morgan fingerprint density at radius 2 is 2.14 bits per heavy atom. The number of hydrogen-bond acceptors (Lipinski definition) is 4. The van der Waals surface area contributed by atoms with Crippen LogP contribution in [0, 0.1) is 27.7 Å². The van der Waals surface area contributed by atoms with E-state index in [1.165, 1.54) is 0 Å². The van der Waals surface area contributed by atoms with Gasteiger partial charge in [0, 0.05) is 13.2 Å². The summed E-state index contributed by atoms with van der Waals surface area (Å²) in [6.45, 7) is 2.06. The highest BCUT2D eigenvalue weighted by Gasteiger charge is 2.23. The third-order valence-electron chi connectivity index (χ3n) is 2.93. The molecule has 0 aliphatic rings. The van der Waals surface area contributed by atoms with Crippen LogP contribution in [0.5, 0.6) is 0 Å². The molecule has 2 N–H and O–H groups in total. The second-order valence-electron chi connectivity index (χ2n) is 4.73. The summed E-state index contributed by atoms with van der Waals surface area (Å²) in [4.78, 5) is 21.2. The summed E-state index contributed by atoms with van der Waals surface area (Å²) in [7, 11) is 0. The summed E-state index contributed by atoms with van der Waals surface area (Å²) in [6, 6.07) is 1.04. The number of halogens is 2. The number of rotatable bonds is 7. The van der Waals surface area contributed by atoms with Crippen molar-refractivity contribution in [1.29, 1.82) is 0 Å². The predicted molar refractivity (Wildman–Crippen MR) is 70.8 cm³/mol. The Kier molecular flexibility index (Phi) is 6.16. The van der Waals surface area contributed by atoms with Crippen molar-refractivity contribution in [3.63, 3.8) is 0 Å². The van der Waals surface area contributed by atoms with E-state index in [-0.39, 0.29) is 19.1 Å². The average Bonchev–Trinajstić information content (AvgIpc) is 2.44. The topological polar surface area (TPSA) is 92.5 Å². The summed E-state index contributed by atoms with van der Waals surface area (Å²) in [5, 5.41) is 21.8. The van der Waals surface area contributed by atoms with Crippen molar-refractivity contribution in [2.45, 2.75) is 19.8 Å². The van der Waals surface area contributed by atoms with Gasteiger partial charge in [0.25, 0.3) is 5.91 Å². The predicted octanol–water partition coefficient (Wildman–Crippen LogP) is 2.01. The zero-order valence-corrected chi connectivity index (χ0v) is 11.4. The zero-order chi connectivity index (χ0) is 16.0. The van der Waals surface area contributed by atoms with Crippen molar-refractivity contribution in [3.8, 4) is 0 Å². The monoisotopic (exact) mass is 302 g/mol. The fourth-order valence-corrected chi connectivity index (χ4v) is 1.71. The molecule has 0 bridgehead atoms. The smallest absolute Gasteiger partial charge is 0.308 e. The van der Waals surface area contributed by atoms with Crippen LogP contribution >= 0.6 is 0 Å².